The molecule has 4 rings (SSSR count). The number of piperidine rings is 1. The molecule has 4 heterocycles. The molecular weight excluding hydrogens is 411 g/mol. The minimum absolute atomic E-state index is 0.0298. The van der Waals surface area contributed by atoms with Crippen LogP contribution in [-0.2, 0) is 19.8 Å². The number of nitrogens with zero attached hydrogens (tertiary/aromatic N) is 5. The highest BCUT2D eigenvalue weighted by atomic mass is 19.4. The van der Waals surface area contributed by atoms with Crippen LogP contribution in [0.3, 0.4) is 0 Å². The first-order chi connectivity index (χ1) is 14.6. The average Bonchev–Trinajstić information content (AvgIpc) is 3.07. The van der Waals surface area contributed by atoms with E-state index in [4.69, 9.17) is 0 Å². The van der Waals surface area contributed by atoms with Crippen LogP contribution >= 0.6 is 0 Å². The van der Waals surface area contributed by atoms with Gasteiger partial charge in [0.2, 0.25) is 0 Å². The molecule has 0 bridgehead atoms. The summed E-state index contributed by atoms with van der Waals surface area (Å²) in [6.07, 6.45) is -1.60. The lowest BCUT2D eigenvalue weighted by atomic mass is 9.96. The lowest BCUT2D eigenvalue weighted by molar-refractivity contribution is -0.140. The van der Waals surface area contributed by atoms with E-state index in [2.05, 4.69) is 10.1 Å². The molecule has 1 fully saturated rings. The molecule has 0 aliphatic carbocycles. The Morgan fingerprint density at radius 2 is 1.90 bits per heavy atom. The molecule has 1 saturated heterocycles. The van der Waals surface area contributed by atoms with Gasteiger partial charge in [-0.3, -0.25) is 14.3 Å². The van der Waals surface area contributed by atoms with E-state index in [9.17, 15) is 22.8 Å². The fraction of sp³-hybridized carbons (Fsp3) is 0.429. The van der Waals surface area contributed by atoms with Crippen LogP contribution in [0.1, 0.15) is 34.7 Å². The first-order valence-electron chi connectivity index (χ1n) is 10.0. The van der Waals surface area contributed by atoms with Crippen LogP contribution in [0.5, 0.6) is 0 Å². The molecule has 31 heavy (non-hydrogen) atoms. The second-order valence-electron chi connectivity index (χ2n) is 7.93. The first-order valence-corrected chi connectivity index (χ1v) is 10.0. The molecule has 0 N–H and O–H groups in total. The first kappa shape index (κ1) is 21.1. The number of hydrogen-bond donors (Lipinski definition) is 0. The number of amides is 1. The molecule has 7 nitrogen and oxygen atoms in total. The zero-order chi connectivity index (χ0) is 22.3. The van der Waals surface area contributed by atoms with Gasteiger partial charge in [0.1, 0.15) is 5.69 Å². The van der Waals surface area contributed by atoms with Crippen molar-refractivity contribution in [3.8, 4) is 0 Å². The van der Waals surface area contributed by atoms with Crippen molar-refractivity contribution in [3.63, 3.8) is 0 Å². The molecule has 3 aromatic rings. The third-order valence-corrected chi connectivity index (χ3v) is 5.81. The highest BCUT2D eigenvalue weighted by Gasteiger charge is 2.32. The molecule has 0 atom stereocenters. The average molecular weight is 433 g/mol. The van der Waals surface area contributed by atoms with Crippen LogP contribution < -0.4 is 5.56 Å². The molecule has 164 valence electrons. The fourth-order valence-corrected chi connectivity index (χ4v) is 3.89. The Bertz CT molecular complexity index is 1170. The number of rotatable bonds is 3. The van der Waals surface area contributed by atoms with Crippen molar-refractivity contribution in [1.29, 1.82) is 0 Å². The quantitative estimate of drug-likeness (QED) is 0.637. The van der Waals surface area contributed by atoms with Crippen LogP contribution in [0.2, 0.25) is 0 Å². The van der Waals surface area contributed by atoms with Gasteiger partial charge in [0.25, 0.3) is 11.5 Å². The molecular formula is C21H22F3N5O2. The molecule has 0 radical (unpaired) electrons. The van der Waals surface area contributed by atoms with Gasteiger partial charge in [0.05, 0.1) is 10.9 Å². The van der Waals surface area contributed by atoms with E-state index < -0.39 is 11.9 Å². The maximum Gasteiger partial charge on any atom is 0.433 e. The van der Waals surface area contributed by atoms with Crippen LogP contribution in [0.25, 0.3) is 10.9 Å². The van der Waals surface area contributed by atoms with Crippen molar-refractivity contribution in [1.82, 2.24) is 24.2 Å². The topological polar surface area (TPSA) is 73.0 Å². The highest BCUT2D eigenvalue weighted by molar-refractivity contribution is 5.92. The Hall–Kier alpha value is -3.17. The van der Waals surface area contributed by atoms with E-state index in [1.165, 1.54) is 22.9 Å². The zero-order valence-electron chi connectivity index (χ0n) is 17.2. The molecule has 3 aromatic heterocycles. The summed E-state index contributed by atoms with van der Waals surface area (Å²) in [6, 6.07) is 5.22. The number of carbonyl (C=O) groups is 1. The van der Waals surface area contributed by atoms with E-state index in [0.29, 0.717) is 25.3 Å². The standard InChI is InChI=1S/C21H22F3N5O2/c1-13-11-17(26-27(13)2)20(31)28-8-5-14(6-9-28)12-29-10-7-16-15(19(29)30)3-4-18(25-16)21(22,23)24/h3-4,7,10-11,14H,5-6,8-9,12H2,1-2H3. The van der Waals surface area contributed by atoms with E-state index in [-0.39, 0.29) is 28.3 Å². The molecule has 1 aliphatic rings. The van der Waals surface area contributed by atoms with Gasteiger partial charge in [-0.2, -0.15) is 18.3 Å². The lowest BCUT2D eigenvalue weighted by Gasteiger charge is -2.31. The second-order valence-corrected chi connectivity index (χ2v) is 7.93. The normalized spacial score (nSPS) is 15.6. The van der Waals surface area contributed by atoms with E-state index in [0.717, 1.165) is 24.6 Å². The number of likely N-dealkylation sites (tertiary alicyclic amines) is 1. The smallest absolute Gasteiger partial charge is 0.337 e. The molecule has 0 spiro atoms. The zero-order valence-corrected chi connectivity index (χ0v) is 17.2. The Labute approximate surface area is 176 Å². The van der Waals surface area contributed by atoms with Crippen LogP contribution in [0, 0.1) is 12.8 Å². The van der Waals surface area contributed by atoms with Gasteiger partial charge < -0.3 is 9.47 Å². The monoisotopic (exact) mass is 433 g/mol. The second kappa shape index (κ2) is 7.82. The molecule has 1 aliphatic heterocycles. The van der Waals surface area contributed by atoms with Gasteiger partial charge in [-0.15, -0.1) is 0 Å². The van der Waals surface area contributed by atoms with Crippen LogP contribution in [0.4, 0.5) is 13.2 Å². The van der Waals surface area contributed by atoms with Crippen molar-refractivity contribution in [2.45, 2.75) is 32.5 Å². The number of alkyl halides is 3. The van der Waals surface area contributed by atoms with Crippen molar-refractivity contribution < 1.29 is 18.0 Å². The Morgan fingerprint density at radius 3 is 2.52 bits per heavy atom. The molecule has 1 amide bonds. The summed E-state index contributed by atoms with van der Waals surface area (Å²) >= 11 is 0. The van der Waals surface area contributed by atoms with Gasteiger partial charge in [0.15, 0.2) is 5.69 Å². The molecule has 0 saturated carbocycles. The maximum atomic E-state index is 12.8. The van der Waals surface area contributed by atoms with Crippen LogP contribution in [0.15, 0.2) is 35.3 Å². The van der Waals surface area contributed by atoms with Gasteiger partial charge in [0, 0.05) is 38.6 Å². The van der Waals surface area contributed by atoms with Gasteiger partial charge in [-0.25, -0.2) is 4.98 Å². The third-order valence-electron chi connectivity index (χ3n) is 5.81. The summed E-state index contributed by atoms with van der Waals surface area (Å²) in [4.78, 5) is 30.7. The minimum Gasteiger partial charge on any atom is -0.337 e. The predicted molar refractivity (Wildman–Crippen MR) is 108 cm³/mol. The Balaban J connectivity index is 1.44. The number of fused-ring (bicyclic) bond motifs is 1. The third kappa shape index (κ3) is 4.19. The highest BCUT2D eigenvalue weighted by Crippen LogP contribution is 2.28. The van der Waals surface area contributed by atoms with Gasteiger partial charge >= 0.3 is 6.18 Å². The van der Waals surface area contributed by atoms with E-state index >= 15 is 0 Å². The maximum absolute atomic E-state index is 12.8. The summed E-state index contributed by atoms with van der Waals surface area (Å²) in [7, 11) is 1.79. The Morgan fingerprint density at radius 1 is 1.19 bits per heavy atom. The summed E-state index contributed by atoms with van der Waals surface area (Å²) in [5, 5.41) is 4.40. The lowest BCUT2D eigenvalue weighted by Crippen LogP contribution is -2.40. The van der Waals surface area contributed by atoms with Crippen molar-refractivity contribution >= 4 is 16.8 Å². The summed E-state index contributed by atoms with van der Waals surface area (Å²) in [5.41, 5.74) is -0.0127. The predicted octanol–water partition coefficient (Wildman–Crippen LogP) is 3.01. The molecule has 10 heteroatoms. The molecule has 0 aromatic carbocycles. The van der Waals surface area contributed by atoms with E-state index in [1.54, 1.807) is 22.7 Å². The number of halogens is 3. The summed E-state index contributed by atoms with van der Waals surface area (Å²) in [5.74, 6) is 0.0867. The van der Waals surface area contributed by atoms with Gasteiger partial charge in [-0.05, 0) is 49.9 Å². The number of aromatic nitrogens is 4. The van der Waals surface area contributed by atoms with E-state index in [1.807, 2.05) is 6.92 Å². The van der Waals surface area contributed by atoms with Crippen molar-refractivity contribution in [2.75, 3.05) is 13.1 Å². The Kier molecular flexibility index (Phi) is 5.32. The summed E-state index contributed by atoms with van der Waals surface area (Å²) < 4.78 is 41.7. The largest absolute Gasteiger partial charge is 0.433 e. The number of pyridine rings is 2. The number of hydrogen-bond acceptors (Lipinski definition) is 4. The van der Waals surface area contributed by atoms with Crippen molar-refractivity contribution in [3.05, 3.63) is 57.9 Å². The SMILES string of the molecule is Cc1cc(C(=O)N2CCC(Cn3ccc4nc(C(F)(F)F)ccc4c3=O)CC2)nn1C. The minimum atomic E-state index is -4.55. The number of aryl methyl sites for hydroxylation is 2. The van der Waals surface area contributed by atoms with Crippen molar-refractivity contribution in [2.24, 2.45) is 13.0 Å². The van der Waals surface area contributed by atoms with Gasteiger partial charge in [-0.1, -0.05) is 0 Å². The summed E-state index contributed by atoms with van der Waals surface area (Å²) in [6.45, 7) is 3.47. The molecule has 0 unspecified atom stereocenters. The van der Waals surface area contributed by atoms with Crippen LogP contribution in [-0.4, -0.2) is 43.2 Å². The fourth-order valence-electron chi connectivity index (χ4n) is 3.89. The number of carbonyl (C=O) groups excluding carboxylic acids is 1.